The van der Waals surface area contributed by atoms with Crippen molar-refractivity contribution in [2.45, 2.75) is 13.3 Å². The van der Waals surface area contributed by atoms with E-state index >= 15 is 0 Å². The fraction of sp³-hybridized carbons (Fsp3) is 0.0870. The van der Waals surface area contributed by atoms with Gasteiger partial charge in [-0.05, 0) is 36.8 Å². The van der Waals surface area contributed by atoms with E-state index in [1.807, 2.05) is 0 Å². The summed E-state index contributed by atoms with van der Waals surface area (Å²) in [6.45, 7) is 1.76. The Morgan fingerprint density at radius 3 is 2.48 bits per heavy atom. The summed E-state index contributed by atoms with van der Waals surface area (Å²) in [6, 6.07) is 15.6. The second kappa shape index (κ2) is 7.92. The molecule has 0 radical (unpaired) electrons. The summed E-state index contributed by atoms with van der Waals surface area (Å²) < 4.78 is 28.2. The lowest BCUT2D eigenvalue weighted by molar-refractivity contribution is 0.0684. The smallest absolute Gasteiger partial charge is 0.336 e. The van der Waals surface area contributed by atoms with Gasteiger partial charge in [-0.2, -0.15) is 9.78 Å². The van der Waals surface area contributed by atoms with Gasteiger partial charge in [0.05, 0.1) is 21.7 Å². The molecule has 3 aromatic carbocycles. The van der Waals surface area contributed by atoms with Crippen LogP contribution in [0.4, 0.5) is 8.78 Å². The van der Waals surface area contributed by atoms with Crippen molar-refractivity contribution in [2.75, 3.05) is 0 Å². The number of para-hydroxylation sites is 1. The molecule has 1 aromatic heterocycles. The number of carbonyl (C=O) groups is 2. The average Bonchev–Trinajstić information content (AvgIpc) is 3.12. The monoisotopic (exact) mass is 440 g/mol. The third-order valence-electron chi connectivity index (χ3n) is 5.01. The van der Waals surface area contributed by atoms with Crippen LogP contribution >= 0.6 is 11.6 Å². The second-order valence-corrected chi connectivity index (χ2v) is 7.33. The topological polar surface area (TPSA) is 72.2 Å². The maximum atomic E-state index is 13.5. The van der Waals surface area contributed by atoms with Gasteiger partial charge in [-0.3, -0.25) is 4.79 Å². The Bertz CT molecular complexity index is 1330. The van der Waals surface area contributed by atoms with Crippen LogP contribution in [0.2, 0.25) is 5.02 Å². The molecule has 0 atom stereocenters. The molecule has 0 aliphatic carbocycles. The highest BCUT2D eigenvalue weighted by Crippen LogP contribution is 2.33. The summed E-state index contributed by atoms with van der Waals surface area (Å²) >= 11 is 6.25. The zero-order chi connectivity index (χ0) is 22.3. The predicted octanol–water partition coefficient (Wildman–Crippen LogP) is 5.99. The lowest BCUT2D eigenvalue weighted by Gasteiger charge is -2.08. The summed E-state index contributed by atoms with van der Waals surface area (Å²) in [4.78, 5) is 24.6. The molecule has 0 saturated heterocycles. The summed E-state index contributed by atoms with van der Waals surface area (Å²) in [5.41, 5.74) is 0.902. The van der Waals surface area contributed by atoms with Crippen molar-refractivity contribution in [1.82, 2.24) is 9.78 Å². The van der Waals surface area contributed by atoms with E-state index in [1.165, 1.54) is 10.7 Å². The van der Waals surface area contributed by atoms with Gasteiger partial charge >= 0.3 is 5.97 Å². The van der Waals surface area contributed by atoms with Crippen LogP contribution in [0.15, 0.2) is 60.7 Å². The second-order valence-electron chi connectivity index (χ2n) is 6.92. The minimum atomic E-state index is -2.98. The Morgan fingerprint density at radius 1 is 1.06 bits per heavy atom. The van der Waals surface area contributed by atoms with E-state index < -0.39 is 29.4 Å². The highest BCUT2D eigenvalue weighted by molar-refractivity contribution is 6.34. The van der Waals surface area contributed by atoms with E-state index in [0.29, 0.717) is 22.0 Å². The first-order chi connectivity index (χ1) is 14.8. The van der Waals surface area contributed by atoms with E-state index in [1.54, 1.807) is 49.4 Å². The molecule has 1 heterocycles. The van der Waals surface area contributed by atoms with Crippen LogP contribution in [0, 0.1) is 6.92 Å². The number of aromatic nitrogens is 2. The first-order valence-electron chi connectivity index (χ1n) is 9.23. The number of nitrogens with zero attached hydrogens (tertiary/aromatic N) is 2. The molecule has 8 heteroatoms. The molecule has 1 N–H and O–H groups in total. The van der Waals surface area contributed by atoms with Crippen LogP contribution in [-0.2, 0) is 0 Å². The quantitative estimate of drug-likeness (QED) is 0.423. The zero-order valence-electron chi connectivity index (χ0n) is 16.1. The lowest BCUT2D eigenvalue weighted by atomic mass is 10.0. The Hall–Kier alpha value is -3.58. The molecule has 0 saturated carbocycles. The van der Waals surface area contributed by atoms with E-state index in [-0.39, 0.29) is 16.3 Å². The highest BCUT2D eigenvalue weighted by atomic mass is 35.5. The molecule has 0 unspecified atom stereocenters. The van der Waals surface area contributed by atoms with E-state index in [2.05, 4.69) is 5.10 Å². The number of rotatable bonds is 4. The molecule has 0 spiro atoms. The highest BCUT2D eigenvalue weighted by Gasteiger charge is 2.23. The zero-order valence-corrected chi connectivity index (χ0v) is 16.9. The molecule has 156 valence electrons. The summed E-state index contributed by atoms with van der Waals surface area (Å²) in [5, 5.41) is 14.4. The van der Waals surface area contributed by atoms with E-state index in [0.717, 1.165) is 12.1 Å². The van der Waals surface area contributed by atoms with Crippen LogP contribution in [-0.4, -0.2) is 26.8 Å². The van der Waals surface area contributed by atoms with Gasteiger partial charge in [-0.25, -0.2) is 13.6 Å². The van der Waals surface area contributed by atoms with Gasteiger partial charge in [0.15, 0.2) is 0 Å². The molecule has 0 fully saturated rings. The van der Waals surface area contributed by atoms with Crippen molar-refractivity contribution < 1.29 is 23.5 Å². The van der Waals surface area contributed by atoms with Crippen molar-refractivity contribution in [1.29, 1.82) is 0 Å². The number of aromatic carboxylic acids is 1. The number of carboxylic acids is 1. The minimum absolute atomic E-state index is 0.275. The molecule has 31 heavy (non-hydrogen) atoms. The van der Waals surface area contributed by atoms with E-state index in [9.17, 15) is 23.5 Å². The number of carbonyl (C=O) groups excluding carboxylic acids is 1. The Kier molecular flexibility index (Phi) is 5.29. The third kappa shape index (κ3) is 3.57. The van der Waals surface area contributed by atoms with Crippen LogP contribution in [0.5, 0.6) is 0 Å². The molecular weight excluding hydrogens is 426 g/mol. The van der Waals surface area contributed by atoms with Gasteiger partial charge in [0.25, 0.3) is 12.3 Å². The van der Waals surface area contributed by atoms with Crippen molar-refractivity contribution in [3.05, 3.63) is 87.9 Å². The molecule has 5 nitrogen and oxygen atoms in total. The standard InChI is InChI=1S/C23H15ClF2N2O3/c1-12-5-4-7-17(24)19(12)22(29)28-18-8-3-2-6-15(18)20(27-28)13-9-10-14(23(30)31)16(11-13)21(25)26/h2-11,21H,1H3,(H,30,31). The number of fused-ring (bicyclic) bond motifs is 1. The van der Waals surface area contributed by atoms with Gasteiger partial charge in [0.2, 0.25) is 0 Å². The third-order valence-corrected chi connectivity index (χ3v) is 5.32. The van der Waals surface area contributed by atoms with E-state index in [4.69, 9.17) is 11.6 Å². The number of carboxylic acid groups (broad SMARTS) is 1. The van der Waals surface area contributed by atoms with Gasteiger partial charge < -0.3 is 5.11 Å². The van der Waals surface area contributed by atoms with Gasteiger partial charge in [0, 0.05) is 16.5 Å². The number of aryl methyl sites for hydroxylation is 1. The van der Waals surface area contributed by atoms with Crippen LogP contribution in [0.1, 0.15) is 38.3 Å². The van der Waals surface area contributed by atoms with Crippen LogP contribution < -0.4 is 0 Å². The van der Waals surface area contributed by atoms with Crippen molar-refractivity contribution >= 4 is 34.4 Å². The maximum absolute atomic E-state index is 13.5. The summed E-state index contributed by atoms with van der Waals surface area (Å²) in [7, 11) is 0. The van der Waals surface area contributed by atoms with Crippen molar-refractivity contribution in [3.63, 3.8) is 0 Å². The van der Waals surface area contributed by atoms with Crippen molar-refractivity contribution in [2.24, 2.45) is 0 Å². The lowest BCUT2D eigenvalue weighted by Crippen LogP contribution is -2.15. The number of alkyl halides is 2. The maximum Gasteiger partial charge on any atom is 0.336 e. The van der Waals surface area contributed by atoms with Crippen LogP contribution in [0.25, 0.3) is 22.2 Å². The van der Waals surface area contributed by atoms with Crippen molar-refractivity contribution in [3.8, 4) is 11.3 Å². The summed E-state index contributed by atoms with van der Waals surface area (Å²) in [5.74, 6) is -1.90. The molecule has 4 aromatic rings. The predicted molar refractivity (Wildman–Crippen MR) is 113 cm³/mol. The Morgan fingerprint density at radius 2 is 1.81 bits per heavy atom. The molecular formula is C23H15ClF2N2O3. The fourth-order valence-electron chi connectivity index (χ4n) is 3.53. The summed E-state index contributed by atoms with van der Waals surface area (Å²) in [6.07, 6.45) is -2.98. The number of benzene rings is 3. The molecule has 0 aliphatic heterocycles. The molecule has 0 amide bonds. The average molecular weight is 441 g/mol. The molecule has 0 aliphatic rings. The van der Waals surface area contributed by atoms with Gasteiger partial charge in [-0.15, -0.1) is 0 Å². The van der Waals surface area contributed by atoms with Gasteiger partial charge in [0.1, 0.15) is 5.69 Å². The fourth-order valence-corrected chi connectivity index (χ4v) is 3.83. The van der Waals surface area contributed by atoms with Crippen LogP contribution in [0.3, 0.4) is 0 Å². The number of hydrogen-bond acceptors (Lipinski definition) is 3. The number of hydrogen-bond donors (Lipinski definition) is 1. The largest absolute Gasteiger partial charge is 0.478 e. The molecule has 0 bridgehead atoms. The SMILES string of the molecule is Cc1cccc(Cl)c1C(=O)n1nc(-c2ccc(C(=O)O)c(C(F)F)c2)c2ccccc21. The molecule has 4 rings (SSSR count). The normalized spacial score (nSPS) is 11.3. The first kappa shape index (κ1) is 20.7. The number of halogens is 3. The van der Waals surface area contributed by atoms with Gasteiger partial charge in [-0.1, -0.05) is 48.0 Å². The Balaban J connectivity index is 1.94. The first-order valence-corrected chi connectivity index (χ1v) is 9.60. The Labute approximate surface area is 180 Å². The minimum Gasteiger partial charge on any atom is -0.478 e.